The molecule has 1 heterocycles. The third-order valence-corrected chi connectivity index (χ3v) is 3.93. The first-order chi connectivity index (χ1) is 8.41. The van der Waals surface area contributed by atoms with Crippen LogP contribution in [0.5, 0.6) is 0 Å². The number of carbonyl (C=O) groups excluding carboxylic acids is 1. The molecule has 0 bridgehead atoms. The molecule has 1 aromatic rings. The zero-order chi connectivity index (χ0) is 13.8. The third-order valence-electron chi connectivity index (χ3n) is 2.89. The molecule has 0 radical (unpaired) electrons. The van der Waals surface area contributed by atoms with Gasteiger partial charge in [-0.05, 0) is 18.9 Å². The quantitative estimate of drug-likeness (QED) is 0.611. The smallest absolute Gasteiger partial charge is 0.324 e. The molecule has 0 aromatic carbocycles. The van der Waals surface area contributed by atoms with E-state index < -0.39 is 16.4 Å². The summed E-state index contributed by atoms with van der Waals surface area (Å²) in [5.41, 5.74) is -0.918. The Morgan fingerprint density at radius 3 is 2.56 bits per heavy atom. The number of amides is 1. The van der Waals surface area contributed by atoms with Gasteiger partial charge in [-0.25, -0.2) is 0 Å². The van der Waals surface area contributed by atoms with Crippen molar-refractivity contribution in [3.63, 3.8) is 0 Å². The molecule has 2 N–H and O–H groups in total. The number of nitrogens with zero attached hydrogens (tertiary/aromatic N) is 1. The van der Waals surface area contributed by atoms with Crippen LogP contribution in [0, 0.1) is 10.1 Å². The highest BCUT2D eigenvalue weighted by molar-refractivity contribution is 7.17. The lowest BCUT2D eigenvalue weighted by atomic mass is 9.98. The van der Waals surface area contributed by atoms with Crippen molar-refractivity contribution >= 4 is 22.2 Å². The number of nitro groups is 1. The predicted molar refractivity (Wildman–Crippen MR) is 68.8 cm³/mol. The first kappa shape index (κ1) is 14.6. The number of aliphatic hydroxyl groups is 1. The largest absolute Gasteiger partial charge is 0.388 e. The van der Waals surface area contributed by atoms with Gasteiger partial charge in [0.05, 0.1) is 15.4 Å². The molecule has 0 aliphatic carbocycles. The molecule has 18 heavy (non-hydrogen) atoms. The van der Waals surface area contributed by atoms with Gasteiger partial charge in [0, 0.05) is 12.6 Å². The first-order valence-corrected chi connectivity index (χ1v) is 6.48. The van der Waals surface area contributed by atoms with Crippen molar-refractivity contribution in [1.29, 1.82) is 0 Å². The van der Waals surface area contributed by atoms with Gasteiger partial charge in [0.1, 0.15) is 0 Å². The standard InChI is InChI=1S/C11H16N2O4S/c1-3-11(15,4-2)7-12-10(14)8-5-6-9(18-8)13(16)17/h5-6,15H,3-4,7H2,1-2H3,(H,12,14). The van der Waals surface area contributed by atoms with Gasteiger partial charge in [-0.3, -0.25) is 14.9 Å². The zero-order valence-corrected chi connectivity index (χ0v) is 11.1. The number of hydrogen-bond acceptors (Lipinski definition) is 5. The Morgan fingerprint density at radius 1 is 1.50 bits per heavy atom. The van der Waals surface area contributed by atoms with Gasteiger partial charge in [-0.2, -0.15) is 0 Å². The Labute approximate surface area is 109 Å². The highest BCUT2D eigenvalue weighted by atomic mass is 32.1. The summed E-state index contributed by atoms with van der Waals surface area (Å²) in [5, 5.41) is 23.0. The predicted octanol–water partition coefficient (Wildman–Crippen LogP) is 1.94. The average Bonchev–Trinajstić information content (AvgIpc) is 2.85. The minimum Gasteiger partial charge on any atom is -0.388 e. The average molecular weight is 272 g/mol. The second-order valence-electron chi connectivity index (χ2n) is 4.01. The van der Waals surface area contributed by atoms with E-state index in [2.05, 4.69) is 5.32 Å². The number of hydrogen-bond donors (Lipinski definition) is 2. The molecular formula is C11H16N2O4S. The van der Waals surface area contributed by atoms with E-state index in [1.54, 1.807) is 0 Å². The molecular weight excluding hydrogens is 256 g/mol. The molecule has 1 aromatic heterocycles. The van der Waals surface area contributed by atoms with Crippen molar-refractivity contribution in [3.8, 4) is 0 Å². The first-order valence-electron chi connectivity index (χ1n) is 5.66. The Kier molecular flexibility index (Phi) is 4.80. The van der Waals surface area contributed by atoms with Crippen LogP contribution in [0.1, 0.15) is 36.4 Å². The van der Waals surface area contributed by atoms with E-state index in [1.165, 1.54) is 12.1 Å². The van der Waals surface area contributed by atoms with Gasteiger partial charge in [0.25, 0.3) is 5.91 Å². The SMILES string of the molecule is CCC(O)(CC)CNC(=O)c1ccc([N+](=O)[O-])s1. The molecule has 0 spiro atoms. The molecule has 0 saturated carbocycles. The normalized spacial score (nSPS) is 11.3. The number of carbonyl (C=O) groups is 1. The minimum atomic E-state index is -0.918. The van der Waals surface area contributed by atoms with E-state index >= 15 is 0 Å². The summed E-state index contributed by atoms with van der Waals surface area (Å²) < 4.78 is 0. The van der Waals surface area contributed by atoms with Gasteiger partial charge in [0.2, 0.25) is 0 Å². The van der Waals surface area contributed by atoms with Crippen LogP contribution in [0.15, 0.2) is 12.1 Å². The van der Waals surface area contributed by atoms with Crippen LogP contribution < -0.4 is 5.32 Å². The summed E-state index contributed by atoms with van der Waals surface area (Å²) in [6, 6.07) is 2.71. The number of rotatable bonds is 6. The van der Waals surface area contributed by atoms with Crippen LogP contribution in [0.4, 0.5) is 5.00 Å². The summed E-state index contributed by atoms with van der Waals surface area (Å²) in [5.74, 6) is -0.395. The second-order valence-corrected chi connectivity index (χ2v) is 5.07. The molecule has 1 rings (SSSR count). The lowest BCUT2D eigenvalue weighted by molar-refractivity contribution is -0.380. The molecule has 7 heteroatoms. The molecule has 0 unspecified atom stereocenters. The van der Waals surface area contributed by atoms with Crippen molar-refractivity contribution < 1.29 is 14.8 Å². The lowest BCUT2D eigenvalue weighted by Gasteiger charge is -2.25. The van der Waals surface area contributed by atoms with Gasteiger partial charge < -0.3 is 10.4 Å². The molecule has 0 saturated heterocycles. The maximum atomic E-state index is 11.7. The van der Waals surface area contributed by atoms with Crippen molar-refractivity contribution in [2.75, 3.05) is 6.54 Å². The van der Waals surface area contributed by atoms with E-state index in [4.69, 9.17) is 0 Å². The van der Waals surface area contributed by atoms with E-state index in [1.807, 2.05) is 13.8 Å². The fourth-order valence-electron chi connectivity index (χ4n) is 1.38. The maximum Gasteiger partial charge on any atom is 0.324 e. The van der Waals surface area contributed by atoms with E-state index in [0.717, 1.165) is 11.3 Å². The fraction of sp³-hybridized carbons (Fsp3) is 0.545. The Bertz CT molecular complexity index is 440. The van der Waals surface area contributed by atoms with Gasteiger partial charge in [-0.15, -0.1) is 0 Å². The molecule has 6 nitrogen and oxygen atoms in total. The second kappa shape index (κ2) is 5.92. The zero-order valence-electron chi connectivity index (χ0n) is 10.3. The summed E-state index contributed by atoms with van der Waals surface area (Å²) in [4.78, 5) is 22.0. The van der Waals surface area contributed by atoms with E-state index in [-0.39, 0.29) is 16.4 Å². The topological polar surface area (TPSA) is 92.5 Å². The Hall–Kier alpha value is -1.47. The monoisotopic (exact) mass is 272 g/mol. The Morgan fingerprint density at radius 2 is 2.11 bits per heavy atom. The van der Waals surface area contributed by atoms with Gasteiger partial charge in [-0.1, -0.05) is 25.2 Å². The minimum absolute atomic E-state index is 0.0682. The summed E-state index contributed by atoms with van der Waals surface area (Å²) >= 11 is 0.822. The van der Waals surface area contributed by atoms with E-state index in [0.29, 0.717) is 12.8 Å². The molecule has 0 atom stereocenters. The van der Waals surface area contributed by atoms with Gasteiger partial charge >= 0.3 is 5.00 Å². The van der Waals surface area contributed by atoms with Gasteiger partial charge in [0.15, 0.2) is 0 Å². The fourth-order valence-corrected chi connectivity index (χ4v) is 2.12. The van der Waals surface area contributed by atoms with Crippen molar-refractivity contribution in [2.45, 2.75) is 32.3 Å². The van der Waals surface area contributed by atoms with Crippen LogP contribution in [0.2, 0.25) is 0 Å². The summed E-state index contributed by atoms with van der Waals surface area (Å²) in [7, 11) is 0. The molecule has 0 aliphatic rings. The van der Waals surface area contributed by atoms with Crippen LogP contribution in [0.3, 0.4) is 0 Å². The van der Waals surface area contributed by atoms with Crippen molar-refractivity contribution in [2.24, 2.45) is 0 Å². The van der Waals surface area contributed by atoms with Crippen LogP contribution >= 0.6 is 11.3 Å². The number of thiophene rings is 1. The molecule has 1 amide bonds. The Balaban J connectivity index is 2.62. The van der Waals surface area contributed by atoms with Crippen molar-refractivity contribution in [3.05, 3.63) is 27.1 Å². The highest BCUT2D eigenvalue weighted by Gasteiger charge is 2.24. The van der Waals surface area contributed by atoms with Crippen LogP contribution in [-0.4, -0.2) is 28.1 Å². The lowest BCUT2D eigenvalue weighted by Crippen LogP contribution is -2.41. The van der Waals surface area contributed by atoms with Crippen LogP contribution in [-0.2, 0) is 0 Å². The van der Waals surface area contributed by atoms with Crippen LogP contribution in [0.25, 0.3) is 0 Å². The maximum absolute atomic E-state index is 11.7. The summed E-state index contributed by atoms with van der Waals surface area (Å²) in [6.07, 6.45) is 1.07. The molecule has 100 valence electrons. The third kappa shape index (κ3) is 3.51. The molecule has 0 aliphatic heterocycles. The summed E-state index contributed by atoms with van der Waals surface area (Å²) in [6.45, 7) is 3.82. The molecule has 0 fully saturated rings. The number of nitrogens with one attached hydrogen (secondary N) is 1. The van der Waals surface area contributed by atoms with E-state index in [9.17, 15) is 20.0 Å². The van der Waals surface area contributed by atoms with Crippen molar-refractivity contribution in [1.82, 2.24) is 5.32 Å². The highest BCUT2D eigenvalue weighted by Crippen LogP contribution is 2.24.